The molecule has 0 spiro atoms. The summed E-state index contributed by atoms with van der Waals surface area (Å²) < 4.78 is 0. The summed E-state index contributed by atoms with van der Waals surface area (Å²) in [5.74, 6) is 1.80. The Morgan fingerprint density at radius 1 is 0.676 bits per heavy atom. The third kappa shape index (κ3) is 7.83. The number of allylic oxidation sites excluding steroid dienone is 8. The Morgan fingerprint density at radius 2 is 1.27 bits per heavy atom. The van der Waals surface area contributed by atoms with Gasteiger partial charge in [0.1, 0.15) is 0 Å². The summed E-state index contributed by atoms with van der Waals surface area (Å²) in [7, 11) is 0. The Kier molecular flexibility index (Phi) is 10.5. The van der Waals surface area contributed by atoms with Crippen LogP contribution in [-0.4, -0.2) is 15.0 Å². The molecule has 184 valence electrons. The first-order valence-corrected chi connectivity index (χ1v) is 12.3. The van der Waals surface area contributed by atoms with Crippen LogP contribution in [0.5, 0.6) is 0 Å². The van der Waals surface area contributed by atoms with Crippen molar-refractivity contribution in [3.63, 3.8) is 0 Å². The standard InChI is InChI=1S/C28H22ClN3.C5H8/c1-3-5-11-20(4-2)26-30-27(21-12-7-6-8-13-21)32-28(31-26)24-16-9-14-22(18-24)23-15-10-17-25(29)19-23;1-3-5-4-2/h3-19H,2H2,1H3;3-5H,1H2,2H3/b5-3-,20-11+;5-4-. The molecule has 0 aliphatic heterocycles. The van der Waals surface area contributed by atoms with Crippen LogP contribution in [0.3, 0.4) is 0 Å². The van der Waals surface area contributed by atoms with Gasteiger partial charge in [-0.2, -0.15) is 0 Å². The molecule has 0 aliphatic carbocycles. The molecule has 0 amide bonds. The van der Waals surface area contributed by atoms with E-state index in [2.05, 4.69) is 25.3 Å². The van der Waals surface area contributed by atoms with Crippen LogP contribution >= 0.6 is 11.6 Å². The van der Waals surface area contributed by atoms with Crippen molar-refractivity contribution in [2.75, 3.05) is 0 Å². The average Bonchev–Trinajstić information content (AvgIpc) is 2.95. The number of aromatic nitrogens is 3. The predicted octanol–water partition coefficient (Wildman–Crippen LogP) is 9.42. The van der Waals surface area contributed by atoms with Crippen molar-refractivity contribution in [2.45, 2.75) is 13.8 Å². The number of halogens is 1. The highest BCUT2D eigenvalue weighted by Gasteiger charge is 2.13. The summed E-state index contributed by atoms with van der Waals surface area (Å²) in [4.78, 5) is 14.3. The summed E-state index contributed by atoms with van der Waals surface area (Å²) >= 11 is 6.20. The Morgan fingerprint density at radius 3 is 1.86 bits per heavy atom. The fourth-order valence-electron chi connectivity index (χ4n) is 3.43. The molecule has 0 saturated heterocycles. The van der Waals surface area contributed by atoms with E-state index in [0.717, 1.165) is 27.8 Å². The lowest BCUT2D eigenvalue weighted by Crippen LogP contribution is -2.02. The molecule has 4 aromatic rings. The molecule has 0 aliphatic rings. The molecule has 3 aromatic carbocycles. The van der Waals surface area contributed by atoms with Crippen molar-refractivity contribution < 1.29 is 0 Å². The van der Waals surface area contributed by atoms with E-state index in [0.29, 0.717) is 22.5 Å². The molecule has 1 aromatic heterocycles. The third-order valence-electron chi connectivity index (χ3n) is 5.22. The third-order valence-corrected chi connectivity index (χ3v) is 5.46. The molecule has 0 N–H and O–H groups in total. The first kappa shape index (κ1) is 27.3. The van der Waals surface area contributed by atoms with E-state index < -0.39 is 0 Å². The molecule has 0 unspecified atom stereocenters. The van der Waals surface area contributed by atoms with Gasteiger partial charge in [0, 0.05) is 21.7 Å². The van der Waals surface area contributed by atoms with Crippen LogP contribution in [0.15, 0.2) is 135 Å². The predicted molar refractivity (Wildman–Crippen MR) is 159 cm³/mol. The van der Waals surface area contributed by atoms with Crippen molar-refractivity contribution in [2.24, 2.45) is 0 Å². The second kappa shape index (κ2) is 14.3. The summed E-state index contributed by atoms with van der Waals surface area (Å²) in [5.41, 5.74) is 4.74. The number of hydrogen-bond donors (Lipinski definition) is 0. The number of rotatable bonds is 7. The minimum atomic E-state index is 0.579. The average molecular weight is 504 g/mol. The van der Waals surface area contributed by atoms with Gasteiger partial charge in [-0.25, -0.2) is 15.0 Å². The lowest BCUT2D eigenvalue weighted by molar-refractivity contribution is 1.04. The molecule has 0 saturated carbocycles. The molecule has 0 bridgehead atoms. The molecular formula is C33H30ClN3. The van der Waals surface area contributed by atoms with Gasteiger partial charge in [-0.15, -0.1) is 0 Å². The topological polar surface area (TPSA) is 38.7 Å². The highest BCUT2D eigenvalue weighted by Crippen LogP contribution is 2.28. The van der Waals surface area contributed by atoms with Crippen LogP contribution < -0.4 is 0 Å². The molecule has 3 nitrogen and oxygen atoms in total. The van der Waals surface area contributed by atoms with Gasteiger partial charge < -0.3 is 0 Å². The number of benzene rings is 3. The van der Waals surface area contributed by atoms with E-state index in [1.807, 2.05) is 111 Å². The lowest BCUT2D eigenvalue weighted by atomic mass is 10.0. The van der Waals surface area contributed by atoms with Gasteiger partial charge in [-0.3, -0.25) is 0 Å². The monoisotopic (exact) mass is 503 g/mol. The van der Waals surface area contributed by atoms with Gasteiger partial charge in [0.15, 0.2) is 17.5 Å². The van der Waals surface area contributed by atoms with Gasteiger partial charge in [-0.05, 0) is 43.2 Å². The lowest BCUT2D eigenvalue weighted by Gasteiger charge is -2.10. The Bertz CT molecular complexity index is 1430. The van der Waals surface area contributed by atoms with Crippen LogP contribution in [0.4, 0.5) is 0 Å². The van der Waals surface area contributed by atoms with Crippen LogP contribution in [-0.2, 0) is 0 Å². The van der Waals surface area contributed by atoms with E-state index in [-0.39, 0.29) is 0 Å². The second-order valence-electron chi connectivity index (χ2n) is 7.88. The van der Waals surface area contributed by atoms with Crippen LogP contribution in [0.2, 0.25) is 5.02 Å². The quantitative estimate of drug-likeness (QED) is 0.236. The molecule has 4 heteroatoms. The fraction of sp³-hybridized carbons (Fsp3) is 0.0606. The highest BCUT2D eigenvalue weighted by molar-refractivity contribution is 6.30. The molecular weight excluding hydrogens is 474 g/mol. The molecule has 37 heavy (non-hydrogen) atoms. The first-order chi connectivity index (χ1) is 18.1. The van der Waals surface area contributed by atoms with Crippen molar-refractivity contribution in [1.82, 2.24) is 15.0 Å². The molecule has 4 rings (SSSR count). The maximum absolute atomic E-state index is 6.20. The Hall–Kier alpha value is -4.34. The summed E-state index contributed by atoms with van der Waals surface area (Å²) in [6.45, 7) is 11.3. The highest BCUT2D eigenvalue weighted by atomic mass is 35.5. The molecule has 1 heterocycles. The first-order valence-electron chi connectivity index (χ1n) is 12.0. The largest absolute Gasteiger partial charge is 0.208 e. The zero-order valence-corrected chi connectivity index (χ0v) is 21.9. The minimum absolute atomic E-state index is 0.579. The van der Waals surface area contributed by atoms with E-state index >= 15 is 0 Å². The molecule has 0 atom stereocenters. The number of nitrogens with zero attached hydrogens (tertiary/aromatic N) is 3. The zero-order valence-electron chi connectivity index (χ0n) is 21.2. The van der Waals surface area contributed by atoms with Gasteiger partial charge in [-0.1, -0.05) is 128 Å². The van der Waals surface area contributed by atoms with Crippen LogP contribution in [0.25, 0.3) is 39.5 Å². The number of hydrogen-bond acceptors (Lipinski definition) is 3. The van der Waals surface area contributed by atoms with E-state index in [1.54, 1.807) is 12.2 Å². The summed E-state index contributed by atoms with van der Waals surface area (Å²) in [6.07, 6.45) is 13.2. The second-order valence-corrected chi connectivity index (χ2v) is 8.31. The zero-order chi connectivity index (χ0) is 26.5. The van der Waals surface area contributed by atoms with Crippen LogP contribution in [0, 0.1) is 0 Å². The summed E-state index contributed by atoms with van der Waals surface area (Å²) in [6, 6.07) is 25.8. The van der Waals surface area contributed by atoms with Crippen molar-refractivity contribution in [1.29, 1.82) is 0 Å². The van der Waals surface area contributed by atoms with Gasteiger partial charge in [0.05, 0.1) is 0 Å². The minimum Gasteiger partial charge on any atom is -0.208 e. The van der Waals surface area contributed by atoms with Crippen molar-refractivity contribution in [3.05, 3.63) is 145 Å². The van der Waals surface area contributed by atoms with Crippen LogP contribution in [0.1, 0.15) is 19.7 Å². The van der Waals surface area contributed by atoms with E-state index in [9.17, 15) is 0 Å². The van der Waals surface area contributed by atoms with Crippen molar-refractivity contribution >= 4 is 17.2 Å². The van der Waals surface area contributed by atoms with Gasteiger partial charge in [0.25, 0.3) is 0 Å². The Balaban J connectivity index is 0.000000695. The van der Waals surface area contributed by atoms with E-state index in [1.165, 1.54) is 0 Å². The van der Waals surface area contributed by atoms with E-state index in [4.69, 9.17) is 26.6 Å². The van der Waals surface area contributed by atoms with Crippen molar-refractivity contribution in [3.8, 4) is 33.9 Å². The fourth-order valence-corrected chi connectivity index (χ4v) is 3.62. The normalized spacial score (nSPS) is 11.3. The molecule has 0 radical (unpaired) electrons. The van der Waals surface area contributed by atoms with Gasteiger partial charge in [0.2, 0.25) is 0 Å². The maximum Gasteiger partial charge on any atom is 0.164 e. The molecule has 0 fully saturated rings. The Labute approximate surface area is 225 Å². The summed E-state index contributed by atoms with van der Waals surface area (Å²) in [5, 5.41) is 0.700. The SMILES string of the molecule is C=C/C(=C\C=C/C)c1nc(-c2ccccc2)nc(-c2cccc(-c3cccc(Cl)c3)c2)n1.C=C/C=C\C. The maximum atomic E-state index is 6.20. The smallest absolute Gasteiger partial charge is 0.164 e. The van der Waals surface area contributed by atoms with Gasteiger partial charge >= 0.3 is 0 Å².